The molecule has 0 aliphatic rings. The summed E-state index contributed by atoms with van der Waals surface area (Å²) < 4.78 is 8.88. The molecule has 2 radical (unpaired) electrons. The SMILES string of the molecule is N.O=P(O)(O)O.[SnH2]. The Balaban J connectivity index is -0.0000000800. The third kappa shape index (κ3) is 216. The van der Waals surface area contributed by atoms with E-state index >= 15 is 0 Å². The Labute approximate surface area is 57.5 Å². The first-order chi connectivity index (χ1) is 2.00. The second kappa shape index (κ2) is 5.01. The van der Waals surface area contributed by atoms with E-state index in [2.05, 4.69) is 0 Å². The molecule has 0 rings (SSSR count). The first-order valence-corrected chi connectivity index (χ1v) is 2.35. The molecular weight excluding hydrogens is 228 g/mol. The van der Waals surface area contributed by atoms with Crippen molar-refractivity contribution in [1.29, 1.82) is 0 Å². The van der Waals surface area contributed by atoms with E-state index < -0.39 is 7.82 Å². The van der Waals surface area contributed by atoms with Crippen LogP contribution in [0.15, 0.2) is 0 Å². The van der Waals surface area contributed by atoms with Crippen LogP contribution in [0.25, 0.3) is 0 Å². The van der Waals surface area contributed by atoms with Crippen LogP contribution in [-0.2, 0) is 4.57 Å². The first-order valence-electron chi connectivity index (χ1n) is 0.783. The van der Waals surface area contributed by atoms with E-state index in [0.717, 1.165) is 0 Å². The zero-order valence-corrected chi connectivity index (χ0v) is 8.54. The van der Waals surface area contributed by atoms with Gasteiger partial charge in [-0.05, 0) is 0 Å². The Morgan fingerprint density at radius 3 is 1.14 bits per heavy atom. The number of rotatable bonds is 0. The van der Waals surface area contributed by atoms with Crippen molar-refractivity contribution in [2.45, 2.75) is 0 Å². The third-order valence-corrected chi connectivity index (χ3v) is 0. The summed E-state index contributed by atoms with van der Waals surface area (Å²) in [5.74, 6) is 0. The molecule has 0 aliphatic carbocycles. The molecule has 0 aromatic carbocycles. The summed E-state index contributed by atoms with van der Waals surface area (Å²) in [5.41, 5.74) is 0. The minimum absolute atomic E-state index is 0. The fraction of sp³-hybridized carbons (Fsp3) is 0. The molecule has 0 aromatic rings. The predicted octanol–water partition coefficient (Wildman–Crippen LogP) is -1.68. The summed E-state index contributed by atoms with van der Waals surface area (Å²) in [6, 6.07) is 0. The van der Waals surface area contributed by atoms with Gasteiger partial charge in [0.05, 0.1) is 0 Å². The number of hydrogen-bond donors (Lipinski definition) is 4. The molecule has 46 valence electrons. The molecule has 0 heterocycles. The van der Waals surface area contributed by atoms with Gasteiger partial charge in [-0.2, -0.15) is 0 Å². The topological polar surface area (TPSA) is 113 Å². The van der Waals surface area contributed by atoms with Crippen LogP contribution in [0.5, 0.6) is 0 Å². The molecule has 0 aliphatic heterocycles. The van der Waals surface area contributed by atoms with Crippen molar-refractivity contribution in [2.24, 2.45) is 0 Å². The molecule has 0 aromatic heterocycles. The summed E-state index contributed by atoms with van der Waals surface area (Å²) in [5, 5.41) is 0. The van der Waals surface area contributed by atoms with Crippen molar-refractivity contribution >= 4 is 31.7 Å². The van der Waals surface area contributed by atoms with Crippen LogP contribution in [0.4, 0.5) is 0 Å². The van der Waals surface area contributed by atoms with Gasteiger partial charge in [-0.3, -0.25) is 0 Å². The molecule has 7 heavy (non-hydrogen) atoms. The van der Waals surface area contributed by atoms with Crippen LogP contribution in [0.1, 0.15) is 0 Å². The molecule has 0 fully saturated rings. The second-order valence-electron chi connectivity index (χ2n) is 0.513. The van der Waals surface area contributed by atoms with Crippen molar-refractivity contribution in [3.63, 3.8) is 0 Å². The molecule has 0 unspecified atom stereocenters. The summed E-state index contributed by atoms with van der Waals surface area (Å²) in [4.78, 5) is 21.6. The Hall–Kier alpha value is 0.869. The normalized spacial score (nSPS) is 8.43. The van der Waals surface area contributed by atoms with Crippen LogP contribution in [0.2, 0.25) is 0 Å². The van der Waals surface area contributed by atoms with Crippen molar-refractivity contribution in [3.05, 3.63) is 0 Å². The number of phosphoric acid groups is 1. The number of hydrogen-bond acceptors (Lipinski definition) is 2. The predicted molar refractivity (Wildman–Crippen MR) is 27.8 cm³/mol. The van der Waals surface area contributed by atoms with Gasteiger partial charge < -0.3 is 20.8 Å². The van der Waals surface area contributed by atoms with Crippen LogP contribution in [-0.4, -0.2) is 38.6 Å². The molecule has 0 bridgehead atoms. The summed E-state index contributed by atoms with van der Waals surface area (Å²) in [6.07, 6.45) is 0. The average molecular weight is 236 g/mol. The van der Waals surface area contributed by atoms with Crippen molar-refractivity contribution in [3.8, 4) is 0 Å². The summed E-state index contributed by atoms with van der Waals surface area (Å²) in [7, 11) is -4.64. The van der Waals surface area contributed by atoms with E-state index in [4.69, 9.17) is 19.2 Å². The van der Waals surface area contributed by atoms with Crippen LogP contribution in [0.3, 0.4) is 0 Å². The molecule has 0 saturated carbocycles. The maximum absolute atomic E-state index is 8.88. The molecule has 0 spiro atoms. The monoisotopic (exact) mass is 237 g/mol. The van der Waals surface area contributed by atoms with Gasteiger partial charge in [-0.25, -0.2) is 4.57 Å². The van der Waals surface area contributed by atoms with Crippen molar-refractivity contribution in [1.82, 2.24) is 6.15 Å². The van der Waals surface area contributed by atoms with Gasteiger partial charge in [-0.1, -0.05) is 0 Å². The molecule has 5 nitrogen and oxygen atoms in total. The quantitative estimate of drug-likeness (QED) is 0.296. The van der Waals surface area contributed by atoms with Gasteiger partial charge in [-0.15, -0.1) is 0 Å². The maximum atomic E-state index is 8.88. The van der Waals surface area contributed by atoms with Gasteiger partial charge in [0.25, 0.3) is 0 Å². The summed E-state index contributed by atoms with van der Waals surface area (Å²) in [6.45, 7) is 0. The van der Waals surface area contributed by atoms with E-state index in [9.17, 15) is 0 Å². The van der Waals surface area contributed by atoms with E-state index in [1.54, 1.807) is 0 Å². The third-order valence-electron chi connectivity index (χ3n) is 0. The zero-order valence-electron chi connectivity index (χ0n) is 3.61. The standard InChI is InChI=1S/H3N.H3O4P.Sn.2H/c;1-5(2,3)4;;;/h1H3;(H3,1,2,3,4);;;. The van der Waals surface area contributed by atoms with Gasteiger partial charge in [0, 0.05) is 0 Å². The fourth-order valence-corrected chi connectivity index (χ4v) is 0. The summed E-state index contributed by atoms with van der Waals surface area (Å²) >= 11 is 0. The van der Waals surface area contributed by atoms with E-state index in [1.165, 1.54) is 0 Å². The van der Waals surface area contributed by atoms with Crippen LogP contribution in [0, 0.1) is 0 Å². The zero-order chi connectivity index (χ0) is 4.50. The second-order valence-corrected chi connectivity index (χ2v) is 1.54. The molecule has 0 saturated heterocycles. The van der Waals surface area contributed by atoms with Crippen LogP contribution >= 0.6 is 7.82 Å². The van der Waals surface area contributed by atoms with Crippen molar-refractivity contribution in [2.75, 3.05) is 0 Å². The van der Waals surface area contributed by atoms with E-state index in [0.29, 0.717) is 0 Å². The van der Waals surface area contributed by atoms with E-state index in [-0.39, 0.29) is 30.1 Å². The van der Waals surface area contributed by atoms with Gasteiger partial charge in [0.15, 0.2) is 0 Å². The van der Waals surface area contributed by atoms with Crippen LogP contribution < -0.4 is 6.15 Å². The minimum atomic E-state index is -4.64. The molecule has 7 heteroatoms. The van der Waals surface area contributed by atoms with Gasteiger partial charge in [0.1, 0.15) is 0 Å². The average Bonchev–Trinajstić information content (AvgIpc) is 0.722. The first kappa shape index (κ1) is 15.7. The fourth-order valence-electron chi connectivity index (χ4n) is 0. The molecule has 6 N–H and O–H groups in total. The van der Waals surface area contributed by atoms with Gasteiger partial charge >= 0.3 is 31.7 Å². The van der Waals surface area contributed by atoms with Gasteiger partial charge in [0.2, 0.25) is 0 Å². The Morgan fingerprint density at radius 1 is 1.14 bits per heavy atom. The Kier molecular flexibility index (Phi) is 11.2. The Morgan fingerprint density at radius 2 is 1.14 bits per heavy atom. The molecular formula is H8NO4PSn. The Bertz CT molecular complexity index is 57.8. The molecule has 0 amide bonds. The van der Waals surface area contributed by atoms with Crippen molar-refractivity contribution < 1.29 is 19.2 Å². The van der Waals surface area contributed by atoms with E-state index in [1.807, 2.05) is 0 Å². The molecule has 0 atom stereocenters.